The zero-order valence-corrected chi connectivity index (χ0v) is 18.1. The number of nitrogens with one attached hydrogen (secondary N) is 1. The van der Waals surface area contributed by atoms with Crippen LogP contribution in [0.2, 0.25) is 0 Å². The summed E-state index contributed by atoms with van der Waals surface area (Å²) in [5, 5.41) is 2.75. The minimum atomic E-state index is -0.693. The molecule has 0 aliphatic carbocycles. The Morgan fingerprint density at radius 3 is 2.38 bits per heavy atom. The highest BCUT2D eigenvalue weighted by molar-refractivity contribution is 5.95. The van der Waals surface area contributed by atoms with Gasteiger partial charge in [-0.2, -0.15) is 0 Å². The van der Waals surface area contributed by atoms with Crippen LogP contribution in [-0.4, -0.2) is 39.8 Å². The van der Waals surface area contributed by atoms with E-state index < -0.39 is 6.04 Å². The predicted octanol–water partition coefficient (Wildman–Crippen LogP) is 3.23. The molecule has 2 aromatic heterocycles. The van der Waals surface area contributed by atoms with E-state index in [-0.39, 0.29) is 11.8 Å². The van der Waals surface area contributed by atoms with Gasteiger partial charge in [0.1, 0.15) is 11.8 Å². The highest BCUT2D eigenvalue weighted by atomic mass is 16.5. The molecule has 1 atom stereocenters. The lowest BCUT2D eigenvalue weighted by molar-refractivity contribution is -0.136. The number of ether oxygens (including phenoxy) is 1. The number of nitrogens with zero attached hydrogens (tertiary/aromatic N) is 3. The second-order valence-electron chi connectivity index (χ2n) is 7.25. The number of hydrogen-bond acceptors (Lipinski definition) is 5. The molecule has 0 fully saturated rings. The summed E-state index contributed by atoms with van der Waals surface area (Å²) in [6.45, 7) is 2.47. The highest BCUT2D eigenvalue weighted by Gasteiger charge is 2.22. The lowest BCUT2D eigenvalue weighted by Gasteiger charge is -2.26. The maximum atomic E-state index is 13.2. The summed E-state index contributed by atoms with van der Waals surface area (Å²) >= 11 is 0. The van der Waals surface area contributed by atoms with Crippen molar-refractivity contribution in [1.29, 1.82) is 0 Å². The Bertz CT molecular complexity index is 996. The third-order valence-electron chi connectivity index (χ3n) is 4.80. The van der Waals surface area contributed by atoms with Gasteiger partial charge in [-0.25, -0.2) is 0 Å². The number of carbonyl (C=O) groups is 2. The molecule has 0 saturated heterocycles. The average molecular weight is 431 g/mol. The van der Waals surface area contributed by atoms with E-state index in [2.05, 4.69) is 15.3 Å². The number of pyridine rings is 2. The van der Waals surface area contributed by atoms with Crippen molar-refractivity contribution >= 4 is 17.9 Å². The lowest BCUT2D eigenvalue weighted by Crippen LogP contribution is -2.46. The van der Waals surface area contributed by atoms with E-state index in [9.17, 15) is 9.59 Å². The van der Waals surface area contributed by atoms with Crippen LogP contribution < -0.4 is 10.1 Å². The highest BCUT2D eigenvalue weighted by Crippen LogP contribution is 2.13. The maximum Gasteiger partial charge on any atom is 0.245 e. The Hall–Kier alpha value is -4.00. The second-order valence-corrected chi connectivity index (χ2v) is 7.25. The summed E-state index contributed by atoms with van der Waals surface area (Å²) in [6, 6.07) is 14.1. The molecule has 2 amide bonds. The number of hydrogen-bond donors (Lipinski definition) is 1. The van der Waals surface area contributed by atoms with Gasteiger partial charge < -0.3 is 15.0 Å². The van der Waals surface area contributed by atoms with E-state index in [0.29, 0.717) is 13.1 Å². The molecule has 0 radical (unpaired) electrons. The Kier molecular flexibility index (Phi) is 8.09. The normalized spacial score (nSPS) is 11.7. The van der Waals surface area contributed by atoms with Crippen LogP contribution in [0, 0.1) is 0 Å². The molecule has 1 N–H and O–H groups in total. The van der Waals surface area contributed by atoms with Crippen LogP contribution in [0.4, 0.5) is 0 Å². The molecule has 0 saturated carbocycles. The van der Waals surface area contributed by atoms with Gasteiger partial charge in [-0.1, -0.05) is 18.2 Å². The first-order chi connectivity index (χ1) is 15.5. The first kappa shape index (κ1) is 22.7. The minimum Gasteiger partial charge on any atom is -0.497 e. The maximum absolute atomic E-state index is 13.2. The molecule has 0 aliphatic heterocycles. The number of rotatable bonds is 9. The standard InChI is InChI=1S/C25H26N4O3/c1-19(28-24(30)10-7-20-5-8-23(32-2)9-6-20)25(31)29(17-21-11-14-26-15-12-21)18-22-4-3-13-27-16-22/h3-16,19H,17-18H2,1-2H3,(H,28,30)/b10-7+. The van der Waals surface area contributed by atoms with E-state index in [0.717, 1.165) is 22.4 Å². The molecule has 1 unspecified atom stereocenters. The van der Waals surface area contributed by atoms with Crippen LogP contribution in [0.15, 0.2) is 79.4 Å². The van der Waals surface area contributed by atoms with Gasteiger partial charge in [-0.05, 0) is 60.0 Å². The molecule has 3 aromatic rings. The molecule has 0 aliphatic rings. The number of benzene rings is 1. The summed E-state index contributed by atoms with van der Waals surface area (Å²) in [5.41, 5.74) is 2.72. The first-order valence-corrected chi connectivity index (χ1v) is 10.2. The lowest BCUT2D eigenvalue weighted by atomic mass is 10.1. The van der Waals surface area contributed by atoms with Gasteiger partial charge >= 0.3 is 0 Å². The Morgan fingerprint density at radius 2 is 1.72 bits per heavy atom. The third kappa shape index (κ3) is 6.77. The van der Waals surface area contributed by atoms with E-state index in [1.165, 1.54) is 6.08 Å². The van der Waals surface area contributed by atoms with Crippen molar-refractivity contribution in [2.45, 2.75) is 26.1 Å². The Labute approximate surface area is 187 Å². The molecule has 7 nitrogen and oxygen atoms in total. The molecule has 164 valence electrons. The predicted molar refractivity (Wildman–Crippen MR) is 122 cm³/mol. The molecular formula is C25H26N4O3. The van der Waals surface area contributed by atoms with Crippen LogP contribution in [0.5, 0.6) is 5.75 Å². The topological polar surface area (TPSA) is 84.4 Å². The molecular weight excluding hydrogens is 404 g/mol. The molecule has 32 heavy (non-hydrogen) atoms. The van der Waals surface area contributed by atoms with E-state index in [1.54, 1.807) is 49.8 Å². The van der Waals surface area contributed by atoms with Crippen LogP contribution >= 0.6 is 0 Å². The number of aromatic nitrogens is 2. The van der Waals surface area contributed by atoms with Crippen LogP contribution in [0.1, 0.15) is 23.6 Å². The van der Waals surface area contributed by atoms with E-state index >= 15 is 0 Å². The van der Waals surface area contributed by atoms with Crippen molar-refractivity contribution in [3.8, 4) is 5.75 Å². The zero-order valence-electron chi connectivity index (χ0n) is 18.1. The van der Waals surface area contributed by atoms with Crippen molar-refractivity contribution in [1.82, 2.24) is 20.2 Å². The van der Waals surface area contributed by atoms with Crippen LogP contribution in [0.25, 0.3) is 6.08 Å². The first-order valence-electron chi connectivity index (χ1n) is 10.2. The summed E-state index contributed by atoms with van der Waals surface area (Å²) in [6.07, 6.45) is 9.91. The largest absolute Gasteiger partial charge is 0.497 e. The fourth-order valence-corrected chi connectivity index (χ4v) is 3.12. The van der Waals surface area contributed by atoms with Gasteiger partial charge in [0.25, 0.3) is 0 Å². The molecule has 0 spiro atoms. The van der Waals surface area contributed by atoms with Crippen molar-refractivity contribution < 1.29 is 14.3 Å². The van der Waals surface area contributed by atoms with Gasteiger partial charge in [0.2, 0.25) is 11.8 Å². The quantitative estimate of drug-likeness (QED) is 0.527. The van der Waals surface area contributed by atoms with Gasteiger partial charge in [0.05, 0.1) is 7.11 Å². The molecule has 1 aromatic carbocycles. The van der Waals surface area contributed by atoms with Crippen LogP contribution in [-0.2, 0) is 22.7 Å². The van der Waals surface area contributed by atoms with Gasteiger partial charge in [-0.15, -0.1) is 0 Å². The van der Waals surface area contributed by atoms with Crippen molar-refractivity contribution in [2.75, 3.05) is 7.11 Å². The van der Waals surface area contributed by atoms with Crippen molar-refractivity contribution in [2.24, 2.45) is 0 Å². The number of amides is 2. The van der Waals surface area contributed by atoms with E-state index in [4.69, 9.17) is 4.74 Å². The number of carbonyl (C=O) groups excluding carboxylic acids is 2. The minimum absolute atomic E-state index is 0.183. The third-order valence-corrected chi connectivity index (χ3v) is 4.80. The average Bonchev–Trinajstić information content (AvgIpc) is 2.83. The smallest absolute Gasteiger partial charge is 0.245 e. The summed E-state index contributed by atoms with van der Waals surface area (Å²) in [4.78, 5) is 35.4. The van der Waals surface area contributed by atoms with Crippen molar-refractivity contribution in [3.05, 3.63) is 96.1 Å². The summed E-state index contributed by atoms with van der Waals surface area (Å²) in [7, 11) is 1.60. The van der Waals surface area contributed by atoms with Crippen molar-refractivity contribution in [3.63, 3.8) is 0 Å². The Morgan fingerprint density at radius 1 is 1.00 bits per heavy atom. The summed E-state index contributed by atoms with van der Waals surface area (Å²) < 4.78 is 5.13. The SMILES string of the molecule is COc1ccc(/C=C/C(=O)NC(C)C(=O)N(Cc2ccncc2)Cc2cccnc2)cc1. The van der Waals surface area contributed by atoms with Gasteiger partial charge in [-0.3, -0.25) is 19.6 Å². The monoisotopic (exact) mass is 430 g/mol. The summed E-state index contributed by atoms with van der Waals surface area (Å²) in [5.74, 6) is 0.220. The van der Waals surface area contributed by atoms with Crippen LogP contribution in [0.3, 0.4) is 0 Å². The van der Waals surface area contributed by atoms with Gasteiger partial charge in [0.15, 0.2) is 0 Å². The zero-order chi connectivity index (χ0) is 22.8. The number of methoxy groups -OCH3 is 1. The fraction of sp³-hybridized carbons (Fsp3) is 0.200. The van der Waals surface area contributed by atoms with Gasteiger partial charge in [0, 0.05) is 44.0 Å². The van der Waals surface area contributed by atoms with E-state index in [1.807, 2.05) is 48.5 Å². The Balaban J connectivity index is 1.65. The molecule has 7 heteroatoms. The molecule has 3 rings (SSSR count). The molecule has 2 heterocycles. The molecule has 0 bridgehead atoms. The second kappa shape index (κ2) is 11.4. The fourth-order valence-electron chi connectivity index (χ4n) is 3.12.